The number of aryl methyl sites for hydroxylation is 1. The number of hydrogen-bond donors (Lipinski definition) is 0. The minimum absolute atomic E-state index is 0.349. The van der Waals surface area contributed by atoms with Gasteiger partial charge in [-0.25, -0.2) is 14.6 Å². The number of nitrogens with zero attached hydrogens (tertiary/aromatic N) is 7. The van der Waals surface area contributed by atoms with Crippen molar-refractivity contribution in [3.05, 3.63) is 41.9 Å². The smallest absolute Gasteiger partial charge is 0.159 e. The summed E-state index contributed by atoms with van der Waals surface area (Å²) >= 11 is 0. The van der Waals surface area contributed by atoms with Crippen LogP contribution in [0.2, 0.25) is 0 Å². The van der Waals surface area contributed by atoms with E-state index in [0.717, 1.165) is 92.6 Å². The van der Waals surface area contributed by atoms with E-state index in [0.29, 0.717) is 6.04 Å². The van der Waals surface area contributed by atoms with Gasteiger partial charge in [0.25, 0.3) is 0 Å². The van der Waals surface area contributed by atoms with Crippen LogP contribution in [0.1, 0.15) is 30.7 Å². The monoisotopic (exact) mass is 429 g/mol. The third-order valence-corrected chi connectivity index (χ3v) is 7.33. The fourth-order valence-corrected chi connectivity index (χ4v) is 5.26. The van der Waals surface area contributed by atoms with E-state index >= 15 is 0 Å². The summed E-state index contributed by atoms with van der Waals surface area (Å²) in [6.07, 6.45) is 4.83. The minimum Gasteiger partial charge on any atom is -0.378 e. The van der Waals surface area contributed by atoms with Gasteiger partial charge in [-0.2, -0.15) is 10.4 Å². The highest BCUT2D eigenvalue weighted by Gasteiger charge is 2.39. The van der Waals surface area contributed by atoms with Crippen LogP contribution in [0.5, 0.6) is 0 Å². The molecule has 32 heavy (non-hydrogen) atoms. The predicted octanol–water partition coefficient (Wildman–Crippen LogP) is 2.59. The molecule has 1 atom stereocenters. The number of nitriles is 1. The summed E-state index contributed by atoms with van der Waals surface area (Å²) in [5.41, 5.74) is 1.72. The van der Waals surface area contributed by atoms with Crippen molar-refractivity contribution in [3.8, 4) is 11.9 Å². The molecule has 2 aromatic heterocycles. The van der Waals surface area contributed by atoms with Gasteiger partial charge in [0.05, 0.1) is 42.5 Å². The van der Waals surface area contributed by atoms with Crippen molar-refractivity contribution in [2.24, 2.45) is 0 Å². The van der Waals surface area contributed by atoms with Crippen LogP contribution in [0.3, 0.4) is 0 Å². The SMILES string of the molecule is Cc1nc(N2CCN3CCOC[C@@H]3C2)cc(-n2ncc3ccc(C4(C#N)CCC4)cc32)n1. The molecule has 0 amide bonds. The normalized spacial score (nSPS) is 22.9. The van der Waals surface area contributed by atoms with E-state index in [1.54, 1.807) is 0 Å². The molecule has 8 heteroatoms. The molecule has 3 aliphatic rings. The van der Waals surface area contributed by atoms with E-state index < -0.39 is 0 Å². The molecule has 6 rings (SSSR count). The summed E-state index contributed by atoms with van der Waals surface area (Å²) in [7, 11) is 0. The van der Waals surface area contributed by atoms with Crippen LogP contribution >= 0.6 is 0 Å². The van der Waals surface area contributed by atoms with Crippen molar-refractivity contribution < 1.29 is 4.74 Å². The first-order valence-corrected chi connectivity index (χ1v) is 11.5. The van der Waals surface area contributed by atoms with Crippen molar-refractivity contribution >= 4 is 16.7 Å². The predicted molar refractivity (Wildman–Crippen MR) is 121 cm³/mol. The number of anilines is 1. The number of fused-ring (bicyclic) bond motifs is 2. The summed E-state index contributed by atoms with van der Waals surface area (Å²) in [5.74, 6) is 2.43. The van der Waals surface area contributed by atoms with Gasteiger partial charge in [-0.15, -0.1) is 0 Å². The summed E-state index contributed by atoms with van der Waals surface area (Å²) in [6, 6.07) is 11.3. The number of hydrogen-bond acceptors (Lipinski definition) is 7. The van der Waals surface area contributed by atoms with Crippen molar-refractivity contribution in [2.75, 3.05) is 44.3 Å². The molecule has 0 unspecified atom stereocenters. The van der Waals surface area contributed by atoms with Crippen LogP contribution in [0, 0.1) is 18.3 Å². The molecule has 3 fully saturated rings. The summed E-state index contributed by atoms with van der Waals surface area (Å²) in [4.78, 5) is 14.3. The molecular formula is C24H27N7O. The Balaban J connectivity index is 1.36. The van der Waals surface area contributed by atoms with E-state index in [1.165, 1.54) is 0 Å². The number of ether oxygens (including phenoxy) is 1. The maximum atomic E-state index is 9.79. The lowest BCUT2D eigenvalue weighted by Gasteiger charge is -2.44. The Morgan fingerprint density at radius 3 is 2.81 bits per heavy atom. The van der Waals surface area contributed by atoms with Crippen LogP contribution in [-0.4, -0.2) is 70.1 Å². The molecule has 164 valence electrons. The lowest BCUT2D eigenvalue weighted by molar-refractivity contribution is -0.0117. The molecule has 0 spiro atoms. The molecule has 0 N–H and O–H groups in total. The molecule has 8 nitrogen and oxygen atoms in total. The average Bonchev–Trinajstić information content (AvgIpc) is 3.21. The first-order valence-electron chi connectivity index (χ1n) is 11.5. The Hall–Kier alpha value is -3.02. The Bertz CT molecular complexity index is 1210. The first-order chi connectivity index (χ1) is 15.6. The van der Waals surface area contributed by atoms with E-state index in [9.17, 15) is 5.26 Å². The maximum absolute atomic E-state index is 9.79. The maximum Gasteiger partial charge on any atom is 0.159 e. The Morgan fingerprint density at radius 2 is 2.00 bits per heavy atom. The fraction of sp³-hybridized carbons (Fsp3) is 0.500. The molecule has 4 heterocycles. The first kappa shape index (κ1) is 19.6. The molecule has 1 saturated carbocycles. The van der Waals surface area contributed by atoms with Gasteiger partial charge in [0.1, 0.15) is 11.6 Å². The third-order valence-electron chi connectivity index (χ3n) is 7.33. The molecule has 2 aliphatic heterocycles. The Labute approximate surface area is 187 Å². The zero-order valence-electron chi connectivity index (χ0n) is 18.4. The van der Waals surface area contributed by atoms with Crippen LogP contribution in [0.25, 0.3) is 16.7 Å². The molecule has 0 radical (unpaired) electrons. The van der Waals surface area contributed by atoms with Gasteiger partial charge in [-0.1, -0.05) is 12.1 Å². The zero-order valence-corrected chi connectivity index (χ0v) is 18.4. The molecule has 0 bridgehead atoms. The highest BCUT2D eigenvalue weighted by atomic mass is 16.5. The quantitative estimate of drug-likeness (QED) is 0.633. The van der Waals surface area contributed by atoms with Crippen LogP contribution in [0.4, 0.5) is 5.82 Å². The highest BCUT2D eigenvalue weighted by Crippen LogP contribution is 2.43. The second-order valence-electron chi connectivity index (χ2n) is 9.22. The number of aromatic nitrogens is 4. The molecule has 1 aliphatic carbocycles. The summed E-state index contributed by atoms with van der Waals surface area (Å²) in [5, 5.41) is 15.5. The van der Waals surface area contributed by atoms with Gasteiger partial charge in [-0.3, -0.25) is 4.90 Å². The standard InChI is InChI=1S/C24H27N7O/c1-17-27-22(30-8-7-29-9-10-32-15-20(29)14-30)12-23(28-17)31-21-11-19(4-3-18(21)13-26-31)24(16-25)5-2-6-24/h3-4,11-13,20H,2,5-10,14-15H2,1H3/t20-/m0/s1. The van der Waals surface area contributed by atoms with Crippen molar-refractivity contribution in [1.82, 2.24) is 24.6 Å². The zero-order chi connectivity index (χ0) is 21.7. The summed E-state index contributed by atoms with van der Waals surface area (Å²) in [6.45, 7) is 7.43. The van der Waals surface area contributed by atoms with Crippen LogP contribution in [0.15, 0.2) is 30.5 Å². The highest BCUT2D eigenvalue weighted by molar-refractivity contribution is 5.81. The number of morpholine rings is 1. The van der Waals surface area contributed by atoms with Crippen LogP contribution in [-0.2, 0) is 10.2 Å². The van der Waals surface area contributed by atoms with Gasteiger partial charge >= 0.3 is 0 Å². The van der Waals surface area contributed by atoms with Gasteiger partial charge in [0.2, 0.25) is 0 Å². The molecule has 1 aromatic carbocycles. The molecular weight excluding hydrogens is 402 g/mol. The van der Waals surface area contributed by atoms with E-state index in [2.05, 4.69) is 39.2 Å². The molecule has 2 saturated heterocycles. The van der Waals surface area contributed by atoms with Gasteiger partial charge in [-0.05, 0) is 37.8 Å². The largest absolute Gasteiger partial charge is 0.378 e. The minimum atomic E-state index is -0.349. The van der Waals surface area contributed by atoms with Crippen LogP contribution < -0.4 is 4.90 Å². The average molecular weight is 430 g/mol. The van der Waals surface area contributed by atoms with E-state index in [1.807, 2.05) is 23.9 Å². The summed E-state index contributed by atoms with van der Waals surface area (Å²) < 4.78 is 7.59. The Kier molecular flexibility index (Phi) is 4.63. The van der Waals surface area contributed by atoms with Crippen molar-refractivity contribution in [2.45, 2.75) is 37.6 Å². The van der Waals surface area contributed by atoms with E-state index in [4.69, 9.17) is 14.7 Å². The Morgan fingerprint density at radius 1 is 1.12 bits per heavy atom. The topological polar surface area (TPSA) is 83.1 Å². The third kappa shape index (κ3) is 3.15. The van der Waals surface area contributed by atoms with Gasteiger partial charge in [0, 0.05) is 37.6 Å². The van der Waals surface area contributed by atoms with Crippen molar-refractivity contribution in [3.63, 3.8) is 0 Å². The molecule has 3 aromatic rings. The van der Waals surface area contributed by atoms with Gasteiger partial charge in [0.15, 0.2) is 5.82 Å². The lowest BCUT2D eigenvalue weighted by atomic mass is 9.65. The fourth-order valence-electron chi connectivity index (χ4n) is 5.26. The number of rotatable bonds is 3. The number of benzene rings is 1. The van der Waals surface area contributed by atoms with E-state index in [-0.39, 0.29) is 5.41 Å². The number of piperazine rings is 1. The second kappa shape index (κ2) is 7.54. The van der Waals surface area contributed by atoms with Gasteiger partial charge < -0.3 is 9.64 Å². The second-order valence-corrected chi connectivity index (χ2v) is 9.22. The van der Waals surface area contributed by atoms with Crippen molar-refractivity contribution in [1.29, 1.82) is 5.26 Å². The lowest BCUT2D eigenvalue weighted by Crippen LogP contribution is -2.58.